The van der Waals surface area contributed by atoms with Crippen LogP contribution >= 0.6 is 0 Å². The minimum Gasteiger partial charge on any atom is -0.468 e. The Morgan fingerprint density at radius 2 is 2.00 bits per heavy atom. The molecule has 4 heteroatoms. The third-order valence-electron chi connectivity index (χ3n) is 4.64. The number of likely N-dealkylation sites (tertiary alicyclic amines) is 1. The average molecular weight is 282 g/mol. The van der Waals surface area contributed by atoms with E-state index in [1.165, 1.54) is 58.7 Å². The molecule has 4 nitrogen and oxygen atoms in total. The van der Waals surface area contributed by atoms with E-state index < -0.39 is 0 Å². The fourth-order valence-corrected chi connectivity index (χ4v) is 3.16. The minimum atomic E-state index is -0.110. The second-order valence-corrected chi connectivity index (χ2v) is 6.38. The van der Waals surface area contributed by atoms with Crippen molar-refractivity contribution in [3.05, 3.63) is 0 Å². The Hall–Kier alpha value is -0.610. The first-order valence-corrected chi connectivity index (χ1v) is 8.29. The van der Waals surface area contributed by atoms with Gasteiger partial charge in [-0.25, -0.2) is 0 Å². The lowest BCUT2D eigenvalue weighted by atomic mass is 9.92. The van der Waals surface area contributed by atoms with Crippen LogP contribution in [0, 0.1) is 5.92 Å². The van der Waals surface area contributed by atoms with Gasteiger partial charge in [-0.15, -0.1) is 0 Å². The molecule has 0 spiro atoms. The number of hydrogen-bond acceptors (Lipinski definition) is 4. The van der Waals surface area contributed by atoms with Crippen LogP contribution in [0.15, 0.2) is 0 Å². The van der Waals surface area contributed by atoms with Gasteiger partial charge in [0.05, 0.1) is 7.11 Å². The average Bonchev–Trinajstić information content (AvgIpc) is 3.28. The normalized spacial score (nSPS) is 22.7. The van der Waals surface area contributed by atoms with E-state index in [0.717, 1.165) is 18.9 Å². The van der Waals surface area contributed by atoms with Crippen LogP contribution in [0.1, 0.15) is 51.9 Å². The lowest BCUT2D eigenvalue weighted by Gasteiger charge is -2.32. The smallest absolute Gasteiger partial charge is 0.322 e. The fraction of sp³-hybridized carbons (Fsp3) is 0.938. The molecule has 2 fully saturated rings. The highest BCUT2D eigenvalue weighted by molar-refractivity contribution is 5.75. The summed E-state index contributed by atoms with van der Waals surface area (Å²) in [7, 11) is 1.49. The maximum atomic E-state index is 11.8. The number of ether oxygens (including phenoxy) is 1. The van der Waals surface area contributed by atoms with Crippen LogP contribution in [0.4, 0.5) is 0 Å². The van der Waals surface area contributed by atoms with Gasteiger partial charge in [0.1, 0.15) is 6.04 Å². The van der Waals surface area contributed by atoms with Crippen LogP contribution in [0.3, 0.4) is 0 Å². The van der Waals surface area contributed by atoms with Crippen LogP contribution in [0.2, 0.25) is 0 Å². The van der Waals surface area contributed by atoms with E-state index in [0.29, 0.717) is 6.04 Å². The van der Waals surface area contributed by atoms with Gasteiger partial charge in [0.2, 0.25) is 0 Å². The molecule has 20 heavy (non-hydrogen) atoms. The van der Waals surface area contributed by atoms with Gasteiger partial charge in [0, 0.05) is 12.6 Å². The Balaban J connectivity index is 1.68. The summed E-state index contributed by atoms with van der Waals surface area (Å²) < 4.78 is 4.91. The number of carbonyl (C=O) groups is 1. The van der Waals surface area contributed by atoms with Crippen LogP contribution in [0.25, 0.3) is 0 Å². The topological polar surface area (TPSA) is 41.6 Å². The molecule has 0 amide bonds. The van der Waals surface area contributed by atoms with Crippen LogP contribution in [0.5, 0.6) is 0 Å². The molecule has 1 unspecified atom stereocenters. The minimum absolute atomic E-state index is 0.0993. The molecule has 0 aromatic carbocycles. The first-order valence-electron chi connectivity index (χ1n) is 8.29. The zero-order chi connectivity index (χ0) is 14.4. The summed E-state index contributed by atoms with van der Waals surface area (Å²) in [5.41, 5.74) is 0. The number of nitrogens with zero attached hydrogens (tertiary/aromatic N) is 1. The quantitative estimate of drug-likeness (QED) is 0.693. The van der Waals surface area contributed by atoms with Gasteiger partial charge in [0.25, 0.3) is 0 Å². The van der Waals surface area contributed by atoms with Crippen molar-refractivity contribution in [3.8, 4) is 0 Å². The Morgan fingerprint density at radius 1 is 1.30 bits per heavy atom. The van der Waals surface area contributed by atoms with Crippen molar-refractivity contribution < 1.29 is 9.53 Å². The van der Waals surface area contributed by atoms with Crippen molar-refractivity contribution in [1.82, 2.24) is 10.2 Å². The molecule has 1 heterocycles. The van der Waals surface area contributed by atoms with Gasteiger partial charge >= 0.3 is 5.97 Å². The van der Waals surface area contributed by atoms with Gasteiger partial charge in [-0.1, -0.05) is 19.8 Å². The molecular formula is C16H30N2O2. The zero-order valence-corrected chi connectivity index (χ0v) is 13.1. The first kappa shape index (κ1) is 15.8. The molecule has 1 saturated heterocycles. The van der Waals surface area contributed by atoms with Crippen molar-refractivity contribution in [1.29, 1.82) is 0 Å². The number of nitrogens with one attached hydrogen (secondary N) is 1. The number of hydrogen-bond donors (Lipinski definition) is 1. The zero-order valence-electron chi connectivity index (χ0n) is 13.1. The van der Waals surface area contributed by atoms with Crippen LogP contribution < -0.4 is 5.32 Å². The van der Waals surface area contributed by atoms with E-state index in [-0.39, 0.29) is 12.0 Å². The van der Waals surface area contributed by atoms with E-state index >= 15 is 0 Å². The molecule has 1 aliphatic carbocycles. The molecule has 0 radical (unpaired) electrons. The van der Waals surface area contributed by atoms with Gasteiger partial charge in [0.15, 0.2) is 0 Å². The van der Waals surface area contributed by atoms with Crippen molar-refractivity contribution in [2.75, 3.05) is 26.7 Å². The Bertz CT molecular complexity index is 297. The standard InChI is InChI=1S/C16H30N2O2/c1-3-4-13-7-10-18(11-8-13)12-9-15(16(19)20-2)17-14-5-6-14/h13-15,17H,3-12H2,1-2H3. The number of methoxy groups -OCH3 is 1. The molecule has 116 valence electrons. The highest BCUT2D eigenvalue weighted by atomic mass is 16.5. The Morgan fingerprint density at radius 3 is 2.55 bits per heavy atom. The SMILES string of the molecule is CCCC1CCN(CCC(NC2CC2)C(=O)OC)CC1. The monoisotopic (exact) mass is 282 g/mol. The number of rotatable bonds is 8. The third-order valence-corrected chi connectivity index (χ3v) is 4.64. The Kier molecular flexibility index (Phi) is 6.30. The summed E-state index contributed by atoms with van der Waals surface area (Å²) >= 11 is 0. The van der Waals surface area contributed by atoms with Crippen molar-refractivity contribution in [3.63, 3.8) is 0 Å². The van der Waals surface area contributed by atoms with Gasteiger partial charge in [-0.3, -0.25) is 4.79 Å². The number of esters is 1. The second-order valence-electron chi connectivity index (χ2n) is 6.38. The highest BCUT2D eigenvalue weighted by Gasteiger charge is 2.29. The lowest BCUT2D eigenvalue weighted by Crippen LogP contribution is -2.43. The maximum absolute atomic E-state index is 11.8. The largest absolute Gasteiger partial charge is 0.468 e. The van der Waals surface area contributed by atoms with Crippen molar-refractivity contribution in [2.45, 2.75) is 64.0 Å². The first-order chi connectivity index (χ1) is 9.72. The lowest BCUT2D eigenvalue weighted by molar-refractivity contribution is -0.143. The van der Waals surface area contributed by atoms with Gasteiger partial charge in [-0.05, 0) is 51.1 Å². The summed E-state index contributed by atoms with van der Waals surface area (Å²) in [6, 6.07) is 0.440. The number of piperidine rings is 1. The highest BCUT2D eigenvalue weighted by Crippen LogP contribution is 2.23. The van der Waals surface area contributed by atoms with Crippen molar-refractivity contribution in [2.24, 2.45) is 5.92 Å². The van der Waals surface area contributed by atoms with E-state index in [2.05, 4.69) is 17.1 Å². The van der Waals surface area contributed by atoms with E-state index in [9.17, 15) is 4.79 Å². The van der Waals surface area contributed by atoms with Crippen LogP contribution in [-0.2, 0) is 9.53 Å². The molecule has 0 aromatic rings. The predicted molar refractivity (Wildman–Crippen MR) is 80.7 cm³/mol. The van der Waals surface area contributed by atoms with Crippen molar-refractivity contribution >= 4 is 5.97 Å². The number of carbonyl (C=O) groups excluding carboxylic acids is 1. The molecule has 1 aliphatic heterocycles. The molecule has 1 saturated carbocycles. The fourth-order valence-electron chi connectivity index (χ4n) is 3.16. The second kappa shape index (κ2) is 7.99. The molecular weight excluding hydrogens is 252 g/mol. The van der Waals surface area contributed by atoms with E-state index in [1.54, 1.807) is 0 Å². The summed E-state index contributed by atoms with van der Waals surface area (Å²) in [5.74, 6) is 0.829. The van der Waals surface area contributed by atoms with E-state index in [1.807, 2.05) is 0 Å². The molecule has 0 aromatic heterocycles. The van der Waals surface area contributed by atoms with Crippen LogP contribution in [-0.4, -0.2) is 49.7 Å². The molecule has 0 bridgehead atoms. The Labute approximate surface area is 123 Å². The summed E-state index contributed by atoms with van der Waals surface area (Å²) in [6.07, 6.45) is 8.62. The predicted octanol–water partition coefficient (Wildman–Crippen LogP) is 2.18. The summed E-state index contributed by atoms with van der Waals surface area (Å²) in [4.78, 5) is 14.3. The molecule has 2 aliphatic rings. The van der Waals surface area contributed by atoms with Gasteiger partial charge < -0.3 is 15.0 Å². The molecule has 1 atom stereocenters. The maximum Gasteiger partial charge on any atom is 0.322 e. The summed E-state index contributed by atoms with van der Waals surface area (Å²) in [6.45, 7) is 5.68. The molecule has 1 N–H and O–H groups in total. The van der Waals surface area contributed by atoms with Gasteiger partial charge in [-0.2, -0.15) is 0 Å². The third kappa shape index (κ3) is 5.06. The summed E-state index contributed by atoms with van der Waals surface area (Å²) in [5, 5.41) is 3.41. The molecule has 2 rings (SSSR count). The van der Waals surface area contributed by atoms with E-state index in [4.69, 9.17) is 4.74 Å².